The van der Waals surface area contributed by atoms with E-state index in [2.05, 4.69) is 48.4 Å². The van der Waals surface area contributed by atoms with Crippen molar-refractivity contribution in [2.45, 2.75) is 64.8 Å². The molecule has 31 heavy (non-hydrogen) atoms. The second-order valence-corrected chi connectivity index (χ2v) is 9.07. The van der Waals surface area contributed by atoms with Gasteiger partial charge in [0.05, 0.1) is 11.6 Å². The molecule has 1 fully saturated rings. The number of nitrogens with one attached hydrogen (secondary N) is 1. The third kappa shape index (κ3) is 4.16. The molecular weight excluding hydrogens is 390 g/mol. The standard InChI is InChI=1S/C25H31N3O3/c1-15(2)22(19-12-10-18(11-13-19)17-8-6-5-7-9-17)27-23(29)20-16(3)31-24-21(20)25(30)28(4)14-26-24/h10-15,17,22H,5-9H2,1-4H3,(H,27,29). The van der Waals surface area contributed by atoms with Gasteiger partial charge in [-0.05, 0) is 42.7 Å². The highest BCUT2D eigenvalue weighted by Crippen LogP contribution is 2.33. The quantitative estimate of drug-likeness (QED) is 0.628. The molecule has 2 heterocycles. The van der Waals surface area contributed by atoms with Crippen LogP contribution in [0.3, 0.4) is 0 Å². The SMILES string of the molecule is Cc1oc2ncn(C)c(=O)c2c1C(=O)NC(c1ccc(C2CCCCC2)cc1)C(C)C. The smallest absolute Gasteiger partial charge is 0.265 e. The number of nitrogens with zero attached hydrogens (tertiary/aromatic N) is 2. The van der Waals surface area contributed by atoms with E-state index in [0.29, 0.717) is 11.7 Å². The van der Waals surface area contributed by atoms with Crippen molar-refractivity contribution in [2.75, 3.05) is 0 Å². The molecule has 0 saturated heterocycles. The highest BCUT2D eigenvalue weighted by Gasteiger charge is 2.26. The fourth-order valence-corrected chi connectivity index (χ4v) is 4.72. The van der Waals surface area contributed by atoms with Crippen LogP contribution in [0.1, 0.15) is 85.2 Å². The van der Waals surface area contributed by atoms with E-state index < -0.39 is 0 Å². The van der Waals surface area contributed by atoms with Gasteiger partial charge in [-0.1, -0.05) is 57.4 Å². The predicted octanol–water partition coefficient (Wildman–Crippen LogP) is 5.01. The zero-order valence-corrected chi connectivity index (χ0v) is 18.8. The highest BCUT2D eigenvalue weighted by atomic mass is 16.3. The first-order valence-electron chi connectivity index (χ1n) is 11.2. The molecule has 0 bridgehead atoms. The van der Waals surface area contributed by atoms with E-state index in [1.54, 1.807) is 14.0 Å². The molecule has 1 saturated carbocycles. The third-order valence-corrected chi connectivity index (χ3v) is 6.50. The average Bonchev–Trinajstić information content (AvgIpc) is 3.12. The van der Waals surface area contributed by atoms with Crippen molar-refractivity contribution in [1.82, 2.24) is 14.9 Å². The fraction of sp³-hybridized carbons (Fsp3) is 0.480. The van der Waals surface area contributed by atoms with E-state index in [1.165, 1.54) is 48.6 Å². The van der Waals surface area contributed by atoms with Gasteiger partial charge in [-0.3, -0.25) is 9.59 Å². The van der Waals surface area contributed by atoms with Crippen LogP contribution in [-0.2, 0) is 7.05 Å². The van der Waals surface area contributed by atoms with E-state index in [9.17, 15) is 9.59 Å². The van der Waals surface area contributed by atoms with E-state index >= 15 is 0 Å². The highest BCUT2D eigenvalue weighted by molar-refractivity contribution is 6.06. The van der Waals surface area contributed by atoms with Gasteiger partial charge in [-0.25, -0.2) is 4.98 Å². The lowest BCUT2D eigenvalue weighted by atomic mass is 9.83. The van der Waals surface area contributed by atoms with Gasteiger partial charge in [0.1, 0.15) is 17.5 Å². The summed E-state index contributed by atoms with van der Waals surface area (Å²) in [5.74, 6) is 0.928. The van der Waals surface area contributed by atoms with E-state index in [0.717, 1.165) is 5.56 Å². The predicted molar refractivity (Wildman–Crippen MR) is 121 cm³/mol. The summed E-state index contributed by atoms with van der Waals surface area (Å²) in [6.45, 7) is 5.86. The molecule has 1 aromatic carbocycles. The van der Waals surface area contributed by atoms with Crippen LogP contribution < -0.4 is 10.9 Å². The maximum Gasteiger partial charge on any atom is 0.265 e. The van der Waals surface area contributed by atoms with Crippen LogP contribution >= 0.6 is 0 Å². The van der Waals surface area contributed by atoms with Crippen LogP contribution in [0.25, 0.3) is 11.1 Å². The van der Waals surface area contributed by atoms with E-state index in [4.69, 9.17) is 4.42 Å². The first-order valence-corrected chi connectivity index (χ1v) is 11.2. The molecule has 1 aliphatic rings. The summed E-state index contributed by atoms with van der Waals surface area (Å²) in [4.78, 5) is 30.0. The summed E-state index contributed by atoms with van der Waals surface area (Å²) in [6, 6.07) is 8.53. The van der Waals surface area contributed by atoms with Crippen LogP contribution in [0.5, 0.6) is 0 Å². The Morgan fingerprint density at radius 3 is 2.48 bits per heavy atom. The Hall–Kier alpha value is -2.89. The lowest BCUT2D eigenvalue weighted by molar-refractivity contribution is 0.0925. The monoisotopic (exact) mass is 421 g/mol. The van der Waals surface area contributed by atoms with E-state index in [-0.39, 0.29) is 40.1 Å². The van der Waals surface area contributed by atoms with Crippen molar-refractivity contribution in [2.24, 2.45) is 13.0 Å². The molecule has 164 valence electrons. The van der Waals surface area contributed by atoms with Gasteiger partial charge in [0.25, 0.3) is 11.5 Å². The van der Waals surface area contributed by atoms with Gasteiger partial charge in [-0.15, -0.1) is 0 Å². The second kappa shape index (κ2) is 8.69. The first-order chi connectivity index (χ1) is 14.9. The number of aromatic nitrogens is 2. The van der Waals surface area contributed by atoms with Crippen molar-refractivity contribution in [3.8, 4) is 0 Å². The van der Waals surface area contributed by atoms with Crippen LogP contribution in [-0.4, -0.2) is 15.5 Å². The minimum Gasteiger partial charge on any atom is -0.442 e. The number of carbonyl (C=O) groups is 1. The topological polar surface area (TPSA) is 77.1 Å². The molecule has 0 spiro atoms. The molecule has 6 nitrogen and oxygen atoms in total. The maximum atomic E-state index is 13.3. The summed E-state index contributed by atoms with van der Waals surface area (Å²) >= 11 is 0. The van der Waals surface area contributed by atoms with Crippen molar-refractivity contribution >= 4 is 17.0 Å². The number of hydrogen-bond acceptors (Lipinski definition) is 4. The molecule has 1 amide bonds. The van der Waals surface area contributed by atoms with Gasteiger partial charge in [-0.2, -0.15) is 0 Å². The zero-order chi connectivity index (χ0) is 22.1. The largest absolute Gasteiger partial charge is 0.442 e. The lowest BCUT2D eigenvalue weighted by Crippen LogP contribution is -2.33. The van der Waals surface area contributed by atoms with Crippen molar-refractivity contribution in [3.05, 3.63) is 63.4 Å². The Morgan fingerprint density at radius 2 is 1.84 bits per heavy atom. The van der Waals surface area contributed by atoms with Gasteiger partial charge >= 0.3 is 0 Å². The van der Waals surface area contributed by atoms with Crippen molar-refractivity contribution < 1.29 is 9.21 Å². The third-order valence-electron chi connectivity index (χ3n) is 6.50. The van der Waals surface area contributed by atoms with Gasteiger partial charge in [0.15, 0.2) is 0 Å². The number of aryl methyl sites for hydroxylation is 2. The summed E-state index contributed by atoms with van der Waals surface area (Å²) in [5, 5.41) is 3.37. The number of benzene rings is 1. The normalized spacial score (nSPS) is 16.0. The average molecular weight is 422 g/mol. The molecule has 4 rings (SSSR count). The number of furan rings is 1. The zero-order valence-electron chi connectivity index (χ0n) is 18.8. The minimum absolute atomic E-state index is 0.169. The Morgan fingerprint density at radius 1 is 1.16 bits per heavy atom. The van der Waals surface area contributed by atoms with Gasteiger partial charge in [0.2, 0.25) is 5.71 Å². The van der Waals surface area contributed by atoms with E-state index in [1.807, 2.05) is 0 Å². The van der Waals surface area contributed by atoms with Crippen molar-refractivity contribution in [1.29, 1.82) is 0 Å². The molecule has 6 heteroatoms. The number of hydrogen-bond donors (Lipinski definition) is 1. The van der Waals surface area contributed by atoms with Crippen LogP contribution in [0.15, 0.2) is 39.8 Å². The molecule has 1 aliphatic carbocycles. The van der Waals surface area contributed by atoms with Crippen LogP contribution in [0.2, 0.25) is 0 Å². The van der Waals surface area contributed by atoms with Crippen LogP contribution in [0, 0.1) is 12.8 Å². The summed E-state index contributed by atoms with van der Waals surface area (Å²) in [7, 11) is 1.61. The molecule has 1 N–H and O–H groups in total. The van der Waals surface area contributed by atoms with Gasteiger partial charge in [0, 0.05) is 7.05 Å². The summed E-state index contributed by atoms with van der Waals surface area (Å²) in [6.07, 6.45) is 7.89. The number of rotatable bonds is 5. The molecule has 1 atom stereocenters. The molecule has 2 aromatic heterocycles. The summed E-state index contributed by atoms with van der Waals surface area (Å²) in [5.41, 5.74) is 2.64. The minimum atomic E-state index is -0.309. The molecule has 0 radical (unpaired) electrons. The molecule has 3 aromatic rings. The fourth-order valence-electron chi connectivity index (χ4n) is 4.72. The number of amides is 1. The lowest BCUT2D eigenvalue weighted by Gasteiger charge is -2.25. The number of fused-ring (bicyclic) bond motifs is 1. The second-order valence-electron chi connectivity index (χ2n) is 9.07. The van der Waals surface area contributed by atoms with Gasteiger partial charge < -0.3 is 14.3 Å². The Bertz CT molecular complexity index is 1140. The summed E-state index contributed by atoms with van der Waals surface area (Å²) < 4.78 is 6.96. The molecule has 0 aliphatic heterocycles. The maximum absolute atomic E-state index is 13.3. The van der Waals surface area contributed by atoms with Crippen LogP contribution in [0.4, 0.5) is 0 Å². The Labute approximate surface area is 182 Å². The van der Waals surface area contributed by atoms with Crippen molar-refractivity contribution in [3.63, 3.8) is 0 Å². The first kappa shape index (κ1) is 21.3. The molecule has 1 unspecified atom stereocenters. The molecular formula is C25H31N3O3. The Kier molecular flexibility index (Phi) is 5.99. The Balaban J connectivity index is 1.61. The number of carbonyl (C=O) groups excluding carboxylic acids is 1.